The second kappa shape index (κ2) is 5.51. The van der Waals surface area contributed by atoms with Crippen LogP contribution in [0.15, 0.2) is 24.3 Å². The standard InChI is InChI=1S/C15H21N3/c1-12-4-6-14(7-5-12)15(10-16)18-9-8-17(3)13(2)11-18/h4-7,13,15H,8-9,11H2,1-3H3. The van der Waals surface area contributed by atoms with E-state index in [4.69, 9.17) is 0 Å². The van der Waals surface area contributed by atoms with Crippen molar-refractivity contribution in [1.82, 2.24) is 9.80 Å². The summed E-state index contributed by atoms with van der Waals surface area (Å²) >= 11 is 0. The van der Waals surface area contributed by atoms with Crippen LogP contribution in [0.5, 0.6) is 0 Å². The molecule has 1 aromatic carbocycles. The van der Waals surface area contributed by atoms with Crippen molar-refractivity contribution in [3.05, 3.63) is 35.4 Å². The molecule has 1 aromatic rings. The van der Waals surface area contributed by atoms with Crippen LogP contribution in [-0.2, 0) is 0 Å². The average Bonchev–Trinajstić information content (AvgIpc) is 2.37. The second-order valence-electron chi connectivity index (χ2n) is 5.27. The maximum absolute atomic E-state index is 9.45. The van der Waals surface area contributed by atoms with Crippen LogP contribution in [0.25, 0.3) is 0 Å². The third-order valence-corrected chi connectivity index (χ3v) is 3.87. The summed E-state index contributed by atoms with van der Waals surface area (Å²) in [7, 11) is 2.15. The fraction of sp³-hybridized carbons (Fsp3) is 0.533. The van der Waals surface area contributed by atoms with Crippen LogP contribution in [0, 0.1) is 18.3 Å². The second-order valence-corrected chi connectivity index (χ2v) is 5.27. The van der Waals surface area contributed by atoms with Crippen LogP contribution in [0.4, 0.5) is 0 Å². The predicted octanol–water partition coefficient (Wildman–Crippen LogP) is 2.20. The molecule has 0 amide bonds. The molecule has 3 heteroatoms. The number of nitriles is 1. The number of aryl methyl sites for hydroxylation is 1. The molecule has 1 aliphatic rings. The van der Waals surface area contributed by atoms with Crippen LogP contribution in [0.3, 0.4) is 0 Å². The maximum atomic E-state index is 9.45. The molecule has 3 nitrogen and oxygen atoms in total. The Labute approximate surface area is 110 Å². The summed E-state index contributed by atoms with van der Waals surface area (Å²) in [6.45, 7) is 7.25. The van der Waals surface area contributed by atoms with Crippen LogP contribution in [-0.4, -0.2) is 42.5 Å². The molecule has 96 valence electrons. The topological polar surface area (TPSA) is 30.3 Å². The third-order valence-electron chi connectivity index (χ3n) is 3.87. The highest BCUT2D eigenvalue weighted by Crippen LogP contribution is 2.23. The summed E-state index contributed by atoms with van der Waals surface area (Å²) < 4.78 is 0. The van der Waals surface area contributed by atoms with Gasteiger partial charge in [0.05, 0.1) is 6.07 Å². The molecule has 0 aromatic heterocycles. The molecule has 2 rings (SSSR count). The summed E-state index contributed by atoms with van der Waals surface area (Å²) in [4.78, 5) is 4.63. The van der Waals surface area contributed by atoms with Gasteiger partial charge < -0.3 is 4.90 Å². The summed E-state index contributed by atoms with van der Waals surface area (Å²) in [6.07, 6.45) is 0. The van der Waals surface area contributed by atoms with Gasteiger partial charge in [0.15, 0.2) is 0 Å². The molecule has 1 aliphatic heterocycles. The van der Waals surface area contributed by atoms with Gasteiger partial charge in [0, 0.05) is 25.7 Å². The van der Waals surface area contributed by atoms with Gasteiger partial charge in [-0.05, 0) is 26.5 Å². The zero-order valence-electron chi connectivity index (χ0n) is 11.4. The van der Waals surface area contributed by atoms with E-state index in [-0.39, 0.29) is 6.04 Å². The molecule has 0 bridgehead atoms. The normalized spacial score (nSPS) is 23.6. The van der Waals surface area contributed by atoms with Crippen LogP contribution < -0.4 is 0 Å². The van der Waals surface area contributed by atoms with Crippen molar-refractivity contribution in [2.24, 2.45) is 0 Å². The number of rotatable bonds is 2. The van der Waals surface area contributed by atoms with E-state index in [1.807, 2.05) is 0 Å². The molecule has 1 heterocycles. The van der Waals surface area contributed by atoms with Gasteiger partial charge in [0.1, 0.15) is 6.04 Å². The highest BCUT2D eigenvalue weighted by molar-refractivity contribution is 5.28. The van der Waals surface area contributed by atoms with Crippen molar-refractivity contribution in [2.45, 2.75) is 25.9 Å². The van der Waals surface area contributed by atoms with E-state index in [2.05, 4.69) is 61.0 Å². The molecule has 2 atom stereocenters. The molecular weight excluding hydrogens is 222 g/mol. The Morgan fingerprint density at radius 3 is 2.50 bits per heavy atom. The van der Waals surface area contributed by atoms with Crippen molar-refractivity contribution < 1.29 is 0 Å². The molecule has 0 aliphatic carbocycles. The van der Waals surface area contributed by atoms with Gasteiger partial charge in [0.25, 0.3) is 0 Å². The lowest BCUT2D eigenvalue weighted by atomic mass is 10.0. The lowest BCUT2D eigenvalue weighted by Crippen LogP contribution is -2.50. The monoisotopic (exact) mass is 243 g/mol. The summed E-state index contributed by atoms with van der Waals surface area (Å²) in [6, 6.07) is 11.2. The summed E-state index contributed by atoms with van der Waals surface area (Å²) in [5.41, 5.74) is 2.35. The van der Waals surface area contributed by atoms with Crippen LogP contribution in [0.1, 0.15) is 24.1 Å². The van der Waals surface area contributed by atoms with E-state index in [9.17, 15) is 5.26 Å². The Morgan fingerprint density at radius 1 is 1.28 bits per heavy atom. The van der Waals surface area contributed by atoms with Gasteiger partial charge in [-0.25, -0.2) is 0 Å². The average molecular weight is 243 g/mol. The highest BCUT2D eigenvalue weighted by atomic mass is 15.3. The maximum Gasteiger partial charge on any atom is 0.123 e. The number of nitrogens with zero attached hydrogens (tertiary/aromatic N) is 3. The quantitative estimate of drug-likeness (QED) is 0.797. The van der Waals surface area contributed by atoms with Crippen molar-refractivity contribution in [2.75, 3.05) is 26.7 Å². The van der Waals surface area contributed by atoms with Gasteiger partial charge in [-0.2, -0.15) is 5.26 Å². The number of hydrogen-bond acceptors (Lipinski definition) is 3. The van der Waals surface area contributed by atoms with Gasteiger partial charge in [-0.1, -0.05) is 29.8 Å². The largest absolute Gasteiger partial charge is 0.301 e. The summed E-state index contributed by atoms with van der Waals surface area (Å²) in [5, 5.41) is 9.45. The Bertz CT molecular complexity index is 432. The first-order valence-electron chi connectivity index (χ1n) is 6.52. The molecular formula is C15H21N3. The number of benzene rings is 1. The Kier molecular flexibility index (Phi) is 4.00. The fourth-order valence-corrected chi connectivity index (χ4v) is 2.43. The van der Waals surface area contributed by atoms with Crippen molar-refractivity contribution >= 4 is 0 Å². The van der Waals surface area contributed by atoms with E-state index in [1.165, 1.54) is 5.56 Å². The first-order valence-corrected chi connectivity index (χ1v) is 6.52. The Hall–Kier alpha value is -1.37. The summed E-state index contributed by atoms with van der Waals surface area (Å²) in [5.74, 6) is 0. The molecule has 0 spiro atoms. The Balaban J connectivity index is 2.14. The van der Waals surface area contributed by atoms with Crippen molar-refractivity contribution in [1.29, 1.82) is 5.26 Å². The first kappa shape index (κ1) is 13.1. The van der Waals surface area contributed by atoms with E-state index in [0.29, 0.717) is 6.04 Å². The van der Waals surface area contributed by atoms with Gasteiger partial charge in [0.2, 0.25) is 0 Å². The number of piperazine rings is 1. The molecule has 0 N–H and O–H groups in total. The van der Waals surface area contributed by atoms with Gasteiger partial charge >= 0.3 is 0 Å². The van der Waals surface area contributed by atoms with E-state index in [0.717, 1.165) is 25.2 Å². The van der Waals surface area contributed by atoms with Gasteiger partial charge in [-0.15, -0.1) is 0 Å². The van der Waals surface area contributed by atoms with Crippen molar-refractivity contribution in [3.63, 3.8) is 0 Å². The molecule has 0 saturated carbocycles. The van der Waals surface area contributed by atoms with Crippen molar-refractivity contribution in [3.8, 4) is 6.07 Å². The van der Waals surface area contributed by atoms with E-state index < -0.39 is 0 Å². The molecule has 1 saturated heterocycles. The van der Waals surface area contributed by atoms with Crippen LogP contribution in [0.2, 0.25) is 0 Å². The number of hydrogen-bond donors (Lipinski definition) is 0. The lowest BCUT2D eigenvalue weighted by Gasteiger charge is -2.39. The molecule has 18 heavy (non-hydrogen) atoms. The Morgan fingerprint density at radius 2 is 1.94 bits per heavy atom. The third kappa shape index (κ3) is 2.72. The lowest BCUT2D eigenvalue weighted by molar-refractivity contribution is 0.0881. The smallest absolute Gasteiger partial charge is 0.123 e. The molecule has 1 fully saturated rings. The minimum Gasteiger partial charge on any atom is -0.301 e. The minimum absolute atomic E-state index is 0.109. The zero-order chi connectivity index (χ0) is 13.1. The number of likely N-dealkylation sites (N-methyl/N-ethyl adjacent to an activating group) is 1. The first-order chi connectivity index (χ1) is 8.61. The van der Waals surface area contributed by atoms with E-state index >= 15 is 0 Å². The fourth-order valence-electron chi connectivity index (χ4n) is 2.43. The van der Waals surface area contributed by atoms with Crippen LogP contribution >= 0.6 is 0 Å². The SMILES string of the molecule is Cc1ccc(C(C#N)N2CCN(C)C(C)C2)cc1. The van der Waals surface area contributed by atoms with E-state index in [1.54, 1.807) is 0 Å². The highest BCUT2D eigenvalue weighted by Gasteiger charge is 2.27. The zero-order valence-corrected chi connectivity index (χ0v) is 11.4. The molecule has 0 radical (unpaired) electrons. The molecule has 2 unspecified atom stereocenters. The predicted molar refractivity (Wildman–Crippen MR) is 73.2 cm³/mol. The minimum atomic E-state index is -0.109. The van der Waals surface area contributed by atoms with Gasteiger partial charge in [-0.3, -0.25) is 4.90 Å².